The second kappa shape index (κ2) is 4.69. The van der Waals surface area contributed by atoms with Gasteiger partial charge in [-0.05, 0) is 44.5 Å². The molecule has 1 atom stereocenters. The summed E-state index contributed by atoms with van der Waals surface area (Å²) in [7, 11) is 0. The molecular formula is C14H20N4. The second-order valence-electron chi connectivity index (χ2n) is 5.13. The van der Waals surface area contributed by atoms with Crippen LogP contribution >= 0.6 is 0 Å². The van der Waals surface area contributed by atoms with Crippen molar-refractivity contribution in [2.24, 2.45) is 0 Å². The van der Waals surface area contributed by atoms with Crippen LogP contribution in [-0.4, -0.2) is 32.6 Å². The average molecular weight is 244 g/mol. The molecule has 0 N–H and O–H groups in total. The molecule has 1 fully saturated rings. The molecule has 3 rings (SSSR count). The number of hydrogen-bond acceptors (Lipinski definition) is 3. The van der Waals surface area contributed by atoms with Gasteiger partial charge in [0.25, 0.3) is 0 Å². The minimum absolute atomic E-state index is 0.431. The zero-order chi connectivity index (χ0) is 12.5. The van der Waals surface area contributed by atoms with Gasteiger partial charge in [0.1, 0.15) is 0 Å². The van der Waals surface area contributed by atoms with Crippen LogP contribution in [0.4, 0.5) is 0 Å². The maximum atomic E-state index is 4.43. The summed E-state index contributed by atoms with van der Waals surface area (Å²) in [6.07, 6.45) is 5.94. The van der Waals surface area contributed by atoms with E-state index in [1.54, 1.807) is 0 Å². The molecule has 1 saturated heterocycles. The van der Waals surface area contributed by atoms with Gasteiger partial charge in [0, 0.05) is 6.20 Å². The Morgan fingerprint density at radius 3 is 3.00 bits per heavy atom. The van der Waals surface area contributed by atoms with Crippen LogP contribution in [0.25, 0.3) is 5.65 Å². The maximum absolute atomic E-state index is 4.43. The van der Waals surface area contributed by atoms with Crippen molar-refractivity contribution in [3.63, 3.8) is 0 Å². The molecule has 4 nitrogen and oxygen atoms in total. The standard InChI is InChI=1S/C14H20N4/c1-3-17-9-5-4-6-12(17)14-16-15-13-8-7-11(2)10-18(13)14/h7-8,10,12H,3-6,9H2,1-2H3. The molecule has 3 heterocycles. The molecule has 18 heavy (non-hydrogen) atoms. The number of rotatable bonds is 2. The van der Waals surface area contributed by atoms with Gasteiger partial charge in [0.15, 0.2) is 11.5 Å². The van der Waals surface area contributed by atoms with E-state index in [9.17, 15) is 0 Å². The first-order valence-corrected chi connectivity index (χ1v) is 6.85. The van der Waals surface area contributed by atoms with Gasteiger partial charge in [0.2, 0.25) is 0 Å². The van der Waals surface area contributed by atoms with Gasteiger partial charge in [-0.1, -0.05) is 19.4 Å². The maximum Gasteiger partial charge on any atom is 0.160 e. The first-order valence-electron chi connectivity index (χ1n) is 6.85. The monoisotopic (exact) mass is 244 g/mol. The van der Waals surface area contributed by atoms with E-state index in [1.807, 2.05) is 6.07 Å². The Hall–Kier alpha value is -1.42. The molecule has 1 unspecified atom stereocenters. The SMILES string of the molecule is CCN1CCCCC1c1nnc2ccc(C)cn12. The van der Waals surface area contributed by atoms with Crippen LogP contribution in [0.3, 0.4) is 0 Å². The van der Waals surface area contributed by atoms with Crippen molar-refractivity contribution in [3.05, 3.63) is 29.7 Å². The highest BCUT2D eigenvalue weighted by molar-refractivity contribution is 5.39. The van der Waals surface area contributed by atoms with Gasteiger partial charge in [0.05, 0.1) is 6.04 Å². The van der Waals surface area contributed by atoms with Crippen molar-refractivity contribution in [2.75, 3.05) is 13.1 Å². The predicted molar refractivity (Wildman–Crippen MR) is 71.6 cm³/mol. The van der Waals surface area contributed by atoms with Crippen LogP contribution in [0, 0.1) is 6.92 Å². The molecule has 0 saturated carbocycles. The van der Waals surface area contributed by atoms with Gasteiger partial charge >= 0.3 is 0 Å². The number of likely N-dealkylation sites (tertiary alicyclic amines) is 1. The molecular weight excluding hydrogens is 224 g/mol. The highest BCUT2D eigenvalue weighted by Gasteiger charge is 2.26. The van der Waals surface area contributed by atoms with E-state index in [0.29, 0.717) is 6.04 Å². The Bertz CT molecular complexity index is 546. The number of hydrogen-bond donors (Lipinski definition) is 0. The van der Waals surface area contributed by atoms with E-state index in [2.05, 4.69) is 45.6 Å². The normalized spacial score (nSPS) is 21.6. The molecule has 0 radical (unpaired) electrons. The molecule has 4 heteroatoms. The Morgan fingerprint density at radius 1 is 1.28 bits per heavy atom. The minimum Gasteiger partial charge on any atom is -0.294 e. The predicted octanol–water partition coefficient (Wildman–Crippen LogP) is 2.58. The molecule has 0 spiro atoms. The van der Waals surface area contributed by atoms with Gasteiger partial charge < -0.3 is 0 Å². The topological polar surface area (TPSA) is 33.4 Å². The third kappa shape index (κ3) is 1.90. The fraction of sp³-hybridized carbons (Fsp3) is 0.571. The van der Waals surface area contributed by atoms with E-state index in [-0.39, 0.29) is 0 Å². The third-order valence-electron chi connectivity index (χ3n) is 3.89. The molecule has 2 aromatic heterocycles. The molecule has 2 aromatic rings. The summed E-state index contributed by atoms with van der Waals surface area (Å²) in [5.41, 5.74) is 2.21. The van der Waals surface area contributed by atoms with Crippen molar-refractivity contribution < 1.29 is 0 Å². The number of aromatic nitrogens is 3. The molecule has 96 valence electrons. The van der Waals surface area contributed by atoms with Gasteiger partial charge in [-0.2, -0.15) is 0 Å². The molecule has 0 aliphatic carbocycles. The Morgan fingerprint density at radius 2 is 2.17 bits per heavy atom. The van der Waals surface area contributed by atoms with Crippen LogP contribution in [0.1, 0.15) is 43.6 Å². The summed E-state index contributed by atoms with van der Waals surface area (Å²) >= 11 is 0. The first-order chi connectivity index (χ1) is 8.79. The lowest BCUT2D eigenvalue weighted by Crippen LogP contribution is -2.34. The minimum atomic E-state index is 0.431. The molecule has 0 amide bonds. The largest absolute Gasteiger partial charge is 0.294 e. The summed E-state index contributed by atoms with van der Waals surface area (Å²) in [4.78, 5) is 2.52. The van der Waals surface area contributed by atoms with Crippen molar-refractivity contribution in [1.29, 1.82) is 0 Å². The van der Waals surface area contributed by atoms with E-state index < -0.39 is 0 Å². The van der Waals surface area contributed by atoms with Crippen LogP contribution in [0.15, 0.2) is 18.3 Å². The summed E-state index contributed by atoms with van der Waals surface area (Å²) in [6, 6.07) is 4.57. The average Bonchev–Trinajstić information content (AvgIpc) is 2.81. The van der Waals surface area contributed by atoms with E-state index in [1.165, 1.54) is 31.4 Å². The summed E-state index contributed by atoms with van der Waals surface area (Å²) in [5.74, 6) is 1.11. The lowest BCUT2D eigenvalue weighted by atomic mass is 10.0. The Balaban J connectivity index is 2.04. The van der Waals surface area contributed by atoms with Crippen molar-refractivity contribution in [3.8, 4) is 0 Å². The van der Waals surface area contributed by atoms with Crippen LogP contribution < -0.4 is 0 Å². The third-order valence-corrected chi connectivity index (χ3v) is 3.89. The number of fused-ring (bicyclic) bond motifs is 1. The zero-order valence-electron chi connectivity index (χ0n) is 11.1. The van der Waals surface area contributed by atoms with Gasteiger partial charge in [-0.3, -0.25) is 9.30 Å². The van der Waals surface area contributed by atoms with Crippen LogP contribution in [-0.2, 0) is 0 Å². The van der Waals surface area contributed by atoms with E-state index in [4.69, 9.17) is 0 Å². The molecule has 1 aliphatic rings. The second-order valence-corrected chi connectivity index (χ2v) is 5.13. The Labute approximate surface area is 108 Å². The quantitative estimate of drug-likeness (QED) is 0.814. The first kappa shape index (κ1) is 11.7. The van der Waals surface area contributed by atoms with Crippen molar-refractivity contribution in [2.45, 2.75) is 39.2 Å². The number of pyridine rings is 1. The highest BCUT2D eigenvalue weighted by Crippen LogP contribution is 2.29. The molecule has 1 aliphatic heterocycles. The van der Waals surface area contributed by atoms with Crippen molar-refractivity contribution >= 4 is 5.65 Å². The van der Waals surface area contributed by atoms with Crippen molar-refractivity contribution in [1.82, 2.24) is 19.5 Å². The summed E-state index contributed by atoms with van der Waals surface area (Å²) in [5, 5.41) is 8.72. The smallest absolute Gasteiger partial charge is 0.160 e. The van der Waals surface area contributed by atoms with E-state index >= 15 is 0 Å². The zero-order valence-corrected chi connectivity index (χ0v) is 11.1. The van der Waals surface area contributed by atoms with E-state index in [0.717, 1.165) is 18.0 Å². The molecule has 0 aromatic carbocycles. The number of aryl methyl sites for hydroxylation is 1. The number of piperidine rings is 1. The van der Waals surface area contributed by atoms with Crippen LogP contribution in [0.5, 0.6) is 0 Å². The van der Waals surface area contributed by atoms with Gasteiger partial charge in [-0.25, -0.2) is 0 Å². The summed E-state index contributed by atoms with van der Waals surface area (Å²) in [6.45, 7) is 6.61. The highest BCUT2D eigenvalue weighted by atomic mass is 15.3. The molecule has 0 bridgehead atoms. The lowest BCUT2D eigenvalue weighted by molar-refractivity contribution is 0.149. The van der Waals surface area contributed by atoms with Crippen LogP contribution in [0.2, 0.25) is 0 Å². The number of nitrogens with zero attached hydrogens (tertiary/aromatic N) is 4. The fourth-order valence-electron chi connectivity index (χ4n) is 2.90. The lowest BCUT2D eigenvalue weighted by Gasteiger charge is -2.33. The van der Waals surface area contributed by atoms with Gasteiger partial charge in [-0.15, -0.1) is 10.2 Å². The Kier molecular flexibility index (Phi) is 3.04. The fourth-order valence-corrected chi connectivity index (χ4v) is 2.90. The summed E-state index contributed by atoms with van der Waals surface area (Å²) < 4.78 is 2.16.